The number of carbonyl (C=O) groups excluding carboxylic acids is 2. The lowest BCUT2D eigenvalue weighted by Gasteiger charge is -2.38. The first-order valence-electron chi connectivity index (χ1n) is 10.9. The van der Waals surface area contributed by atoms with Gasteiger partial charge in [0.15, 0.2) is 0 Å². The lowest BCUT2D eigenvalue weighted by Crippen LogP contribution is -2.48. The Kier molecular flexibility index (Phi) is 6.54. The highest BCUT2D eigenvalue weighted by atomic mass is 19.1. The first-order valence-corrected chi connectivity index (χ1v) is 10.9. The van der Waals surface area contributed by atoms with Crippen molar-refractivity contribution in [2.45, 2.75) is 25.9 Å². The highest BCUT2D eigenvalue weighted by Crippen LogP contribution is 2.32. The van der Waals surface area contributed by atoms with E-state index in [4.69, 9.17) is 0 Å². The molecule has 1 aromatic heterocycles. The summed E-state index contributed by atoms with van der Waals surface area (Å²) in [6.45, 7) is 3.53. The lowest BCUT2D eigenvalue weighted by molar-refractivity contribution is -0.134. The molecule has 0 fully saturated rings. The van der Waals surface area contributed by atoms with E-state index < -0.39 is 6.04 Å². The molecule has 4 rings (SSSR count). The fourth-order valence-corrected chi connectivity index (χ4v) is 4.18. The van der Waals surface area contributed by atoms with Crippen molar-refractivity contribution in [1.82, 2.24) is 14.4 Å². The van der Waals surface area contributed by atoms with E-state index in [9.17, 15) is 14.0 Å². The van der Waals surface area contributed by atoms with Gasteiger partial charge in [0.2, 0.25) is 5.91 Å². The van der Waals surface area contributed by atoms with Crippen molar-refractivity contribution >= 4 is 17.6 Å². The molecule has 166 valence electrons. The van der Waals surface area contributed by atoms with Crippen molar-refractivity contribution in [3.63, 3.8) is 0 Å². The maximum absolute atomic E-state index is 14.0. The fraction of sp³-hybridized carbons (Fsp3) is 0.280. The SMILES string of the molecule is CCCN(CC(=O)N1CCn2cccc2[C@@H]1c1cccc(F)c1)C(=O)Nc1ccccc1. The van der Waals surface area contributed by atoms with Gasteiger partial charge >= 0.3 is 6.03 Å². The number of hydrogen-bond donors (Lipinski definition) is 1. The zero-order chi connectivity index (χ0) is 22.5. The Labute approximate surface area is 187 Å². The third-order valence-electron chi connectivity index (χ3n) is 5.65. The van der Waals surface area contributed by atoms with Gasteiger partial charge in [-0.05, 0) is 48.4 Å². The summed E-state index contributed by atoms with van der Waals surface area (Å²) in [5, 5.41) is 2.86. The second-order valence-corrected chi connectivity index (χ2v) is 7.89. The number of halogens is 1. The van der Waals surface area contributed by atoms with E-state index >= 15 is 0 Å². The van der Waals surface area contributed by atoms with Crippen molar-refractivity contribution < 1.29 is 14.0 Å². The molecule has 2 heterocycles. The number of carbonyl (C=O) groups is 2. The molecule has 6 nitrogen and oxygen atoms in total. The molecule has 1 N–H and O–H groups in total. The minimum Gasteiger partial charge on any atom is -0.348 e. The molecule has 0 spiro atoms. The van der Waals surface area contributed by atoms with Gasteiger partial charge in [-0.3, -0.25) is 4.79 Å². The van der Waals surface area contributed by atoms with Crippen LogP contribution in [0.15, 0.2) is 72.9 Å². The average molecular weight is 435 g/mol. The molecule has 1 atom stereocenters. The lowest BCUT2D eigenvalue weighted by atomic mass is 9.99. The van der Waals surface area contributed by atoms with E-state index in [2.05, 4.69) is 9.88 Å². The van der Waals surface area contributed by atoms with Crippen molar-refractivity contribution in [2.75, 3.05) is 25.0 Å². The smallest absolute Gasteiger partial charge is 0.322 e. The van der Waals surface area contributed by atoms with Crippen molar-refractivity contribution in [3.8, 4) is 0 Å². The molecule has 1 aliphatic heterocycles. The number of urea groups is 1. The molecule has 0 radical (unpaired) electrons. The molecule has 3 amide bonds. The maximum atomic E-state index is 14.0. The van der Waals surface area contributed by atoms with Gasteiger partial charge in [0.1, 0.15) is 12.4 Å². The van der Waals surface area contributed by atoms with Crippen LogP contribution in [0.5, 0.6) is 0 Å². The van der Waals surface area contributed by atoms with Crippen LogP contribution in [0.2, 0.25) is 0 Å². The Balaban J connectivity index is 1.56. The number of benzene rings is 2. The fourth-order valence-electron chi connectivity index (χ4n) is 4.18. The third kappa shape index (κ3) is 4.66. The summed E-state index contributed by atoms with van der Waals surface area (Å²) in [5.41, 5.74) is 2.33. The molecule has 7 heteroatoms. The van der Waals surface area contributed by atoms with E-state index in [1.165, 1.54) is 17.0 Å². The predicted molar refractivity (Wildman–Crippen MR) is 122 cm³/mol. The summed E-state index contributed by atoms with van der Waals surface area (Å²) in [4.78, 5) is 29.6. The molecule has 0 unspecified atom stereocenters. The highest BCUT2D eigenvalue weighted by molar-refractivity contribution is 5.92. The standard InChI is InChI=1S/C25H27FN4O2/c1-2-13-29(25(32)27-21-10-4-3-5-11-21)18-23(31)30-16-15-28-14-7-12-22(28)24(30)19-8-6-9-20(26)17-19/h3-12,14,17,24H,2,13,15-16,18H2,1H3,(H,27,32)/t24-/m0/s1. The number of para-hydroxylation sites is 1. The molecular formula is C25H27FN4O2. The molecule has 0 bridgehead atoms. The largest absolute Gasteiger partial charge is 0.348 e. The maximum Gasteiger partial charge on any atom is 0.322 e. The number of nitrogens with one attached hydrogen (secondary N) is 1. The number of aromatic nitrogens is 1. The van der Waals surface area contributed by atoms with Crippen LogP contribution < -0.4 is 5.32 Å². The summed E-state index contributed by atoms with van der Waals surface area (Å²) in [5.74, 6) is -0.503. The number of hydrogen-bond acceptors (Lipinski definition) is 2. The van der Waals surface area contributed by atoms with Crippen LogP contribution in [0.3, 0.4) is 0 Å². The molecule has 0 saturated carbocycles. The number of rotatable bonds is 6. The summed E-state index contributed by atoms with van der Waals surface area (Å²) in [7, 11) is 0. The van der Waals surface area contributed by atoms with E-state index in [1.54, 1.807) is 11.0 Å². The van der Waals surface area contributed by atoms with Gasteiger partial charge in [0.25, 0.3) is 0 Å². The average Bonchev–Trinajstić information content (AvgIpc) is 3.27. The first kappa shape index (κ1) is 21.6. The second kappa shape index (κ2) is 9.68. The van der Waals surface area contributed by atoms with Gasteiger partial charge in [0.05, 0.1) is 6.04 Å². The third-order valence-corrected chi connectivity index (χ3v) is 5.65. The summed E-state index contributed by atoms with van der Waals surface area (Å²) >= 11 is 0. The van der Waals surface area contributed by atoms with Crippen LogP contribution in [0.25, 0.3) is 0 Å². The van der Waals surface area contributed by atoms with Gasteiger partial charge in [-0.15, -0.1) is 0 Å². The zero-order valence-electron chi connectivity index (χ0n) is 18.1. The van der Waals surface area contributed by atoms with Crippen molar-refractivity contribution in [1.29, 1.82) is 0 Å². The minimum absolute atomic E-state index is 0.0426. The second-order valence-electron chi connectivity index (χ2n) is 7.89. The number of amides is 3. The zero-order valence-corrected chi connectivity index (χ0v) is 18.1. The van der Waals surface area contributed by atoms with Crippen LogP contribution >= 0.6 is 0 Å². The first-order chi connectivity index (χ1) is 15.6. The highest BCUT2D eigenvalue weighted by Gasteiger charge is 2.33. The molecule has 3 aromatic rings. The minimum atomic E-state index is -0.400. The number of nitrogens with zero attached hydrogens (tertiary/aromatic N) is 3. The monoisotopic (exact) mass is 434 g/mol. The van der Waals surface area contributed by atoms with Gasteiger partial charge in [-0.25, -0.2) is 9.18 Å². The molecule has 1 aliphatic rings. The topological polar surface area (TPSA) is 57.6 Å². The van der Waals surface area contributed by atoms with E-state index in [-0.39, 0.29) is 24.3 Å². The normalized spacial score (nSPS) is 15.2. The molecule has 0 saturated heterocycles. The molecule has 2 aromatic carbocycles. The van der Waals surface area contributed by atoms with Gasteiger partial charge in [0, 0.05) is 37.2 Å². The van der Waals surface area contributed by atoms with Crippen molar-refractivity contribution in [3.05, 3.63) is 90.0 Å². The van der Waals surface area contributed by atoms with Gasteiger partial charge in [-0.1, -0.05) is 37.3 Å². The summed E-state index contributed by atoms with van der Waals surface area (Å²) in [6, 6.07) is 18.7. The van der Waals surface area contributed by atoms with Crippen LogP contribution in [0.1, 0.15) is 30.6 Å². The van der Waals surface area contributed by atoms with Crippen LogP contribution in [0.4, 0.5) is 14.9 Å². The number of anilines is 1. The summed E-state index contributed by atoms with van der Waals surface area (Å²) in [6.07, 6.45) is 2.70. The summed E-state index contributed by atoms with van der Waals surface area (Å²) < 4.78 is 16.1. The van der Waals surface area contributed by atoms with E-state index in [0.29, 0.717) is 30.9 Å². The Bertz CT molecular complexity index is 1080. The van der Waals surface area contributed by atoms with E-state index in [0.717, 1.165) is 12.1 Å². The van der Waals surface area contributed by atoms with Crippen LogP contribution in [0, 0.1) is 5.82 Å². The Morgan fingerprint density at radius 2 is 1.88 bits per heavy atom. The van der Waals surface area contributed by atoms with Gasteiger partial charge < -0.3 is 19.7 Å². The molecule has 0 aliphatic carbocycles. The number of fused-ring (bicyclic) bond motifs is 1. The van der Waals surface area contributed by atoms with Gasteiger partial charge in [-0.2, -0.15) is 0 Å². The van der Waals surface area contributed by atoms with E-state index in [1.807, 2.05) is 61.7 Å². The molecule has 32 heavy (non-hydrogen) atoms. The van der Waals surface area contributed by atoms with Crippen LogP contribution in [-0.4, -0.2) is 45.9 Å². The quantitative estimate of drug-likeness (QED) is 0.621. The van der Waals surface area contributed by atoms with Crippen LogP contribution in [-0.2, 0) is 11.3 Å². The predicted octanol–water partition coefficient (Wildman–Crippen LogP) is 4.50. The Hall–Kier alpha value is -3.61. The molecular weight excluding hydrogens is 407 g/mol. The van der Waals surface area contributed by atoms with Crippen molar-refractivity contribution in [2.24, 2.45) is 0 Å². The Morgan fingerprint density at radius 1 is 1.06 bits per heavy atom. The Morgan fingerprint density at radius 3 is 2.62 bits per heavy atom.